The van der Waals surface area contributed by atoms with E-state index in [4.69, 9.17) is 10.5 Å². The lowest BCUT2D eigenvalue weighted by Crippen LogP contribution is -2.42. The van der Waals surface area contributed by atoms with E-state index in [1.54, 1.807) is 12.1 Å². The summed E-state index contributed by atoms with van der Waals surface area (Å²) in [6.45, 7) is 2.37. The Balaban J connectivity index is 0.00000200. The fourth-order valence-corrected chi connectivity index (χ4v) is 2.80. The molecule has 1 heterocycles. The zero-order chi connectivity index (χ0) is 13.7. The van der Waals surface area contributed by atoms with Crippen LogP contribution in [0.2, 0.25) is 0 Å². The van der Waals surface area contributed by atoms with Gasteiger partial charge < -0.3 is 20.5 Å². The number of nitrogens with zero attached hydrogens (tertiary/aromatic N) is 2. The maximum absolute atomic E-state index is 9.69. The summed E-state index contributed by atoms with van der Waals surface area (Å²) in [7, 11) is 1.53. The zero-order valence-electron chi connectivity index (χ0n) is 11.4. The number of ether oxygens (including phenoxy) is 1. The van der Waals surface area contributed by atoms with Crippen LogP contribution in [0.3, 0.4) is 0 Å². The molecule has 0 radical (unpaired) electrons. The third-order valence-corrected chi connectivity index (χ3v) is 3.94. The molecule has 112 valence electrons. The molecule has 0 amide bonds. The minimum atomic E-state index is 0. The maximum atomic E-state index is 9.69. The highest BCUT2D eigenvalue weighted by atomic mass is 127. The zero-order valence-corrected chi connectivity index (χ0v) is 14.6. The number of hydrogen-bond donors (Lipinski definition) is 2. The van der Waals surface area contributed by atoms with Crippen LogP contribution in [0, 0.1) is 0 Å². The van der Waals surface area contributed by atoms with E-state index in [0.717, 1.165) is 30.2 Å². The summed E-state index contributed by atoms with van der Waals surface area (Å²) in [5.41, 5.74) is 6.88. The molecule has 0 bridgehead atoms. The van der Waals surface area contributed by atoms with Gasteiger partial charge >= 0.3 is 0 Å². The first-order valence-electron chi connectivity index (χ1n) is 6.19. The summed E-state index contributed by atoms with van der Waals surface area (Å²) in [5.74, 6) is 3.37. The van der Waals surface area contributed by atoms with Crippen molar-refractivity contribution in [1.29, 1.82) is 0 Å². The monoisotopic (exact) mass is 409 g/mol. The van der Waals surface area contributed by atoms with Crippen LogP contribution in [-0.2, 0) is 6.54 Å². The highest BCUT2D eigenvalue weighted by molar-refractivity contribution is 14.0. The number of nitrogens with two attached hydrogens (primary N) is 1. The topological polar surface area (TPSA) is 71.1 Å². The maximum Gasteiger partial charge on any atom is 0.191 e. The molecule has 1 aromatic rings. The predicted octanol–water partition coefficient (Wildman–Crippen LogP) is 1.88. The molecular formula is C13H20IN3O2S. The van der Waals surface area contributed by atoms with Crippen molar-refractivity contribution in [2.75, 3.05) is 31.7 Å². The smallest absolute Gasteiger partial charge is 0.191 e. The van der Waals surface area contributed by atoms with Gasteiger partial charge in [-0.05, 0) is 17.7 Å². The molecule has 1 aliphatic rings. The number of phenolic OH excluding ortho intramolecular Hbond substituents is 1. The standard InChI is InChI=1S/C13H19N3O2S.HI/c1-18-12-3-2-10(8-11(12)17)9-15-13(14)16-4-6-19-7-5-16;/h2-3,8,17H,4-7,9H2,1H3,(H2,14,15);1H. The van der Waals surface area contributed by atoms with E-state index in [0.29, 0.717) is 18.3 Å². The van der Waals surface area contributed by atoms with Gasteiger partial charge in [0.15, 0.2) is 17.5 Å². The molecule has 0 unspecified atom stereocenters. The van der Waals surface area contributed by atoms with Crippen LogP contribution in [0.4, 0.5) is 0 Å². The molecule has 2 rings (SSSR count). The van der Waals surface area contributed by atoms with E-state index < -0.39 is 0 Å². The third kappa shape index (κ3) is 4.62. The van der Waals surface area contributed by atoms with E-state index in [1.165, 1.54) is 7.11 Å². The first kappa shape index (κ1) is 17.2. The third-order valence-electron chi connectivity index (χ3n) is 3.00. The highest BCUT2D eigenvalue weighted by Crippen LogP contribution is 2.26. The molecule has 20 heavy (non-hydrogen) atoms. The Morgan fingerprint density at radius 3 is 2.75 bits per heavy atom. The Morgan fingerprint density at radius 1 is 1.45 bits per heavy atom. The number of hydrogen-bond acceptors (Lipinski definition) is 4. The number of phenols is 1. The summed E-state index contributed by atoms with van der Waals surface area (Å²) in [4.78, 5) is 6.47. The van der Waals surface area contributed by atoms with Gasteiger partial charge in [-0.3, -0.25) is 0 Å². The summed E-state index contributed by atoms with van der Waals surface area (Å²) in [5, 5.41) is 9.69. The lowest BCUT2D eigenvalue weighted by atomic mass is 10.2. The first-order valence-corrected chi connectivity index (χ1v) is 7.34. The second kappa shape index (κ2) is 8.46. The summed E-state index contributed by atoms with van der Waals surface area (Å²) >= 11 is 1.94. The average molecular weight is 409 g/mol. The quantitative estimate of drug-likeness (QED) is 0.453. The van der Waals surface area contributed by atoms with Crippen molar-refractivity contribution >= 4 is 41.7 Å². The number of aromatic hydroxyl groups is 1. The van der Waals surface area contributed by atoms with Gasteiger partial charge in [-0.15, -0.1) is 24.0 Å². The Morgan fingerprint density at radius 2 is 2.15 bits per heavy atom. The number of guanidine groups is 1. The molecule has 0 aliphatic carbocycles. The second-order valence-corrected chi connectivity index (χ2v) is 5.50. The van der Waals surface area contributed by atoms with Gasteiger partial charge in [0, 0.05) is 24.6 Å². The van der Waals surface area contributed by atoms with Gasteiger partial charge in [0.2, 0.25) is 0 Å². The molecule has 1 aliphatic heterocycles. The van der Waals surface area contributed by atoms with E-state index in [1.807, 2.05) is 17.8 Å². The molecule has 0 aromatic heterocycles. The van der Waals surface area contributed by atoms with Crippen molar-refractivity contribution in [2.24, 2.45) is 10.7 Å². The SMILES string of the molecule is COc1ccc(CN=C(N)N2CCSCC2)cc1O.I. The van der Waals surface area contributed by atoms with Gasteiger partial charge in [0.05, 0.1) is 13.7 Å². The van der Waals surface area contributed by atoms with Crippen LogP contribution in [0.1, 0.15) is 5.56 Å². The van der Waals surface area contributed by atoms with Crippen LogP contribution >= 0.6 is 35.7 Å². The summed E-state index contributed by atoms with van der Waals surface area (Å²) in [6.07, 6.45) is 0. The van der Waals surface area contributed by atoms with Crippen LogP contribution in [0.15, 0.2) is 23.2 Å². The van der Waals surface area contributed by atoms with Gasteiger partial charge in [0.25, 0.3) is 0 Å². The largest absolute Gasteiger partial charge is 0.504 e. The summed E-state index contributed by atoms with van der Waals surface area (Å²) < 4.78 is 5.00. The van der Waals surface area contributed by atoms with Gasteiger partial charge in [-0.2, -0.15) is 11.8 Å². The fourth-order valence-electron chi connectivity index (χ4n) is 1.90. The van der Waals surface area contributed by atoms with E-state index in [2.05, 4.69) is 9.89 Å². The number of halogens is 1. The Labute approximate surface area is 140 Å². The van der Waals surface area contributed by atoms with E-state index in [-0.39, 0.29) is 29.7 Å². The Hall–Kier alpha value is -0.830. The van der Waals surface area contributed by atoms with Crippen molar-refractivity contribution in [2.45, 2.75) is 6.54 Å². The average Bonchev–Trinajstić information content (AvgIpc) is 2.46. The minimum absolute atomic E-state index is 0. The summed E-state index contributed by atoms with van der Waals surface area (Å²) in [6, 6.07) is 5.26. The first-order chi connectivity index (χ1) is 9.20. The van der Waals surface area contributed by atoms with Crippen LogP contribution in [0.25, 0.3) is 0 Å². The number of methoxy groups -OCH3 is 1. The molecular weight excluding hydrogens is 389 g/mol. The molecule has 0 spiro atoms. The lowest BCUT2D eigenvalue weighted by molar-refractivity contribution is 0.373. The van der Waals surface area contributed by atoms with Gasteiger partial charge in [0.1, 0.15) is 0 Å². The predicted molar refractivity (Wildman–Crippen MR) is 94.3 cm³/mol. The Kier molecular flexibility index (Phi) is 7.28. The van der Waals surface area contributed by atoms with Gasteiger partial charge in [-0.1, -0.05) is 6.07 Å². The van der Waals surface area contributed by atoms with Crippen molar-refractivity contribution in [3.63, 3.8) is 0 Å². The number of rotatable bonds is 3. The number of aliphatic imine (C=N–C) groups is 1. The minimum Gasteiger partial charge on any atom is -0.504 e. The van der Waals surface area contributed by atoms with Crippen molar-refractivity contribution in [3.8, 4) is 11.5 Å². The van der Waals surface area contributed by atoms with Crippen LogP contribution < -0.4 is 10.5 Å². The second-order valence-electron chi connectivity index (χ2n) is 4.28. The number of thioether (sulfide) groups is 1. The van der Waals surface area contributed by atoms with E-state index in [9.17, 15) is 5.11 Å². The molecule has 0 saturated carbocycles. The van der Waals surface area contributed by atoms with Crippen molar-refractivity contribution in [1.82, 2.24) is 4.90 Å². The normalized spacial score (nSPS) is 15.7. The lowest BCUT2D eigenvalue weighted by Gasteiger charge is -2.27. The highest BCUT2D eigenvalue weighted by Gasteiger charge is 2.12. The molecule has 7 heteroatoms. The van der Waals surface area contributed by atoms with Crippen LogP contribution in [0.5, 0.6) is 11.5 Å². The van der Waals surface area contributed by atoms with E-state index >= 15 is 0 Å². The molecule has 3 N–H and O–H groups in total. The van der Waals surface area contributed by atoms with Crippen molar-refractivity contribution in [3.05, 3.63) is 23.8 Å². The van der Waals surface area contributed by atoms with Crippen LogP contribution in [-0.4, -0.2) is 47.7 Å². The molecule has 1 fully saturated rings. The fraction of sp³-hybridized carbons (Fsp3) is 0.462. The Bertz CT molecular complexity index is 465. The molecule has 0 atom stereocenters. The van der Waals surface area contributed by atoms with Gasteiger partial charge in [-0.25, -0.2) is 4.99 Å². The molecule has 1 aromatic carbocycles. The molecule has 5 nitrogen and oxygen atoms in total. The number of benzene rings is 1. The van der Waals surface area contributed by atoms with Crippen molar-refractivity contribution < 1.29 is 9.84 Å². The molecule has 1 saturated heterocycles.